The van der Waals surface area contributed by atoms with Crippen molar-refractivity contribution in [3.05, 3.63) is 58.1 Å². The first-order valence-corrected chi connectivity index (χ1v) is 9.91. The average Bonchev–Trinajstić information content (AvgIpc) is 3.21. The predicted molar refractivity (Wildman–Crippen MR) is 109 cm³/mol. The van der Waals surface area contributed by atoms with E-state index in [-0.39, 0.29) is 18.6 Å². The standard InChI is InChI=1S/C21H23Cl2NO4/c1-26-17-6-8-18(9-7-17)28-14-21(25)24(13-19-3-2-10-27-19)12-15-4-5-16(22)11-20(15)23/h4-9,11,19H,2-3,10,12-14H2,1H3. The van der Waals surface area contributed by atoms with Crippen molar-refractivity contribution in [3.8, 4) is 11.5 Å². The van der Waals surface area contributed by atoms with Gasteiger partial charge >= 0.3 is 0 Å². The van der Waals surface area contributed by atoms with Crippen LogP contribution in [0.5, 0.6) is 11.5 Å². The number of rotatable bonds is 8. The van der Waals surface area contributed by atoms with Crippen LogP contribution < -0.4 is 9.47 Å². The molecule has 5 nitrogen and oxygen atoms in total. The van der Waals surface area contributed by atoms with E-state index in [0.717, 1.165) is 30.8 Å². The first-order chi connectivity index (χ1) is 13.5. The Morgan fingerprint density at radius 1 is 1.18 bits per heavy atom. The molecule has 1 aliphatic heterocycles. The van der Waals surface area contributed by atoms with Crippen LogP contribution in [0.2, 0.25) is 10.0 Å². The molecule has 2 aromatic rings. The van der Waals surface area contributed by atoms with Crippen LogP contribution in [-0.2, 0) is 16.1 Å². The summed E-state index contributed by atoms with van der Waals surface area (Å²) in [5.74, 6) is 1.21. The lowest BCUT2D eigenvalue weighted by Crippen LogP contribution is -2.39. The van der Waals surface area contributed by atoms with Gasteiger partial charge < -0.3 is 19.1 Å². The number of nitrogens with zero attached hydrogens (tertiary/aromatic N) is 1. The first kappa shape index (κ1) is 20.8. The highest BCUT2D eigenvalue weighted by Crippen LogP contribution is 2.24. The molecule has 0 aliphatic carbocycles. The molecule has 0 bridgehead atoms. The Morgan fingerprint density at radius 2 is 1.93 bits per heavy atom. The Morgan fingerprint density at radius 3 is 2.57 bits per heavy atom. The molecule has 0 saturated carbocycles. The van der Waals surface area contributed by atoms with Gasteiger partial charge in [-0.3, -0.25) is 4.79 Å². The summed E-state index contributed by atoms with van der Waals surface area (Å²) in [7, 11) is 1.60. The van der Waals surface area contributed by atoms with E-state index < -0.39 is 0 Å². The van der Waals surface area contributed by atoms with Gasteiger partial charge in [-0.1, -0.05) is 29.3 Å². The minimum atomic E-state index is -0.127. The van der Waals surface area contributed by atoms with Crippen LogP contribution >= 0.6 is 23.2 Å². The van der Waals surface area contributed by atoms with Gasteiger partial charge in [0.15, 0.2) is 6.61 Å². The van der Waals surface area contributed by atoms with Crippen LogP contribution in [0.1, 0.15) is 18.4 Å². The Kier molecular flexibility index (Phi) is 7.43. The maximum atomic E-state index is 12.9. The largest absolute Gasteiger partial charge is 0.497 e. The molecular formula is C21H23Cl2NO4. The molecule has 1 amide bonds. The number of ether oxygens (including phenoxy) is 3. The summed E-state index contributed by atoms with van der Waals surface area (Å²) in [6.07, 6.45) is 1.99. The number of benzene rings is 2. The monoisotopic (exact) mass is 423 g/mol. The van der Waals surface area contributed by atoms with Crippen molar-refractivity contribution in [1.82, 2.24) is 4.90 Å². The van der Waals surface area contributed by atoms with Crippen molar-refractivity contribution in [1.29, 1.82) is 0 Å². The third-order valence-electron chi connectivity index (χ3n) is 4.60. The number of halogens is 2. The predicted octanol–water partition coefficient (Wildman–Crippen LogP) is 4.59. The molecule has 1 fully saturated rings. The van der Waals surface area contributed by atoms with Gasteiger partial charge in [-0.2, -0.15) is 0 Å². The zero-order valence-corrected chi connectivity index (χ0v) is 17.2. The molecule has 0 N–H and O–H groups in total. The van der Waals surface area contributed by atoms with Gasteiger partial charge in [0, 0.05) is 29.7 Å². The van der Waals surface area contributed by atoms with Crippen LogP contribution in [-0.4, -0.2) is 43.8 Å². The molecule has 1 unspecified atom stereocenters. The van der Waals surface area contributed by atoms with Gasteiger partial charge in [0.05, 0.1) is 13.2 Å². The van der Waals surface area contributed by atoms with E-state index in [0.29, 0.717) is 28.9 Å². The minimum Gasteiger partial charge on any atom is -0.497 e. The lowest BCUT2D eigenvalue weighted by molar-refractivity contribution is -0.135. The van der Waals surface area contributed by atoms with Crippen molar-refractivity contribution < 1.29 is 19.0 Å². The quantitative estimate of drug-likeness (QED) is 0.622. The Balaban J connectivity index is 1.66. The molecular weight excluding hydrogens is 401 g/mol. The lowest BCUT2D eigenvalue weighted by atomic mass is 10.1. The van der Waals surface area contributed by atoms with Crippen molar-refractivity contribution in [2.75, 3.05) is 26.9 Å². The van der Waals surface area contributed by atoms with Crippen molar-refractivity contribution in [2.24, 2.45) is 0 Å². The fourth-order valence-electron chi connectivity index (χ4n) is 3.05. The van der Waals surface area contributed by atoms with Crippen LogP contribution in [0, 0.1) is 0 Å². The zero-order chi connectivity index (χ0) is 19.9. The molecule has 1 atom stereocenters. The summed E-state index contributed by atoms with van der Waals surface area (Å²) in [6.45, 7) is 1.55. The number of carbonyl (C=O) groups is 1. The number of hydrogen-bond acceptors (Lipinski definition) is 4. The molecule has 28 heavy (non-hydrogen) atoms. The average molecular weight is 424 g/mol. The third kappa shape index (κ3) is 5.77. The molecule has 2 aromatic carbocycles. The van der Waals surface area contributed by atoms with Crippen LogP contribution in [0.3, 0.4) is 0 Å². The van der Waals surface area contributed by atoms with Gasteiger partial charge in [-0.25, -0.2) is 0 Å². The molecule has 1 saturated heterocycles. The molecule has 0 radical (unpaired) electrons. The summed E-state index contributed by atoms with van der Waals surface area (Å²) in [5.41, 5.74) is 0.835. The summed E-state index contributed by atoms with van der Waals surface area (Å²) in [4.78, 5) is 14.6. The molecule has 150 valence electrons. The van der Waals surface area contributed by atoms with Crippen LogP contribution in [0.15, 0.2) is 42.5 Å². The number of methoxy groups -OCH3 is 1. The first-order valence-electron chi connectivity index (χ1n) is 9.15. The van der Waals surface area contributed by atoms with Gasteiger partial charge in [0.25, 0.3) is 5.91 Å². The molecule has 0 spiro atoms. The van der Waals surface area contributed by atoms with Crippen LogP contribution in [0.25, 0.3) is 0 Å². The van der Waals surface area contributed by atoms with Crippen molar-refractivity contribution in [2.45, 2.75) is 25.5 Å². The summed E-state index contributed by atoms with van der Waals surface area (Å²) in [5, 5.41) is 1.10. The van der Waals surface area contributed by atoms with E-state index in [9.17, 15) is 4.79 Å². The van der Waals surface area contributed by atoms with E-state index in [1.165, 1.54) is 0 Å². The number of amides is 1. The second-order valence-electron chi connectivity index (χ2n) is 6.61. The highest BCUT2D eigenvalue weighted by Gasteiger charge is 2.23. The summed E-state index contributed by atoms with van der Waals surface area (Å²) < 4.78 is 16.5. The second-order valence-corrected chi connectivity index (χ2v) is 7.45. The molecule has 1 aliphatic rings. The normalized spacial score (nSPS) is 16.0. The van der Waals surface area contributed by atoms with E-state index in [2.05, 4.69) is 0 Å². The highest BCUT2D eigenvalue weighted by molar-refractivity contribution is 6.35. The molecule has 1 heterocycles. The van der Waals surface area contributed by atoms with Gasteiger partial charge in [0.2, 0.25) is 0 Å². The smallest absolute Gasteiger partial charge is 0.260 e. The maximum Gasteiger partial charge on any atom is 0.260 e. The molecule has 3 rings (SSSR count). The van der Waals surface area contributed by atoms with E-state index in [1.54, 1.807) is 48.4 Å². The topological polar surface area (TPSA) is 48.0 Å². The SMILES string of the molecule is COc1ccc(OCC(=O)N(Cc2ccc(Cl)cc2Cl)CC2CCCO2)cc1. The van der Waals surface area contributed by atoms with Gasteiger partial charge in [-0.05, 0) is 54.8 Å². The van der Waals surface area contributed by atoms with E-state index in [1.807, 2.05) is 6.07 Å². The van der Waals surface area contributed by atoms with Gasteiger partial charge in [-0.15, -0.1) is 0 Å². The van der Waals surface area contributed by atoms with E-state index >= 15 is 0 Å². The van der Waals surface area contributed by atoms with E-state index in [4.69, 9.17) is 37.4 Å². The van der Waals surface area contributed by atoms with Crippen LogP contribution in [0.4, 0.5) is 0 Å². The second kappa shape index (κ2) is 10.0. The molecule has 0 aromatic heterocycles. The Labute approximate surface area is 175 Å². The lowest BCUT2D eigenvalue weighted by Gasteiger charge is -2.26. The van der Waals surface area contributed by atoms with Crippen molar-refractivity contribution in [3.63, 3.8) is 0 Å². The Hall–Kier alpha value is -1.95. The van der Waals surface area contributed by atoms with Crippen molar-refractivity contribution >= 4 is 29.1 Å². The zero-order valence-electron chi connectivity index (χ0n) is 15.7. The van der Waals surface area contributed by atoms with Gasteiger partial charge in [0.1, 0.15) is 11.5 Å². The number of carbonyl (C=O) groups excluding carboxylic acids is 1. The fraction of sp³-hybridized carbons (Fsp3) is 0.381. The Bertz CT molecular complexity index is 791. The number of hydrogen-bond donors (Lipinski definition) is 0. The highest BCUT2D eigenvalue weighted by atomic mass is 35.5. The maximum absolute atomic E-state index is 12.9. The summed E-state index contributed by atoms with van der Waals surface area (Å²) in [6, 6.07) is 12.4. The molecule has 7 heteroatoms. The third-order valence-corrected chi connectivity index (χ3v) is 5.19. The fourth-order valence-corrected chi connectivity index (χ4v) is 3.52. The summed E-state index contributed by atoms with van der Waals surface area (Å²) >= 11 is 12.3. The minimum absolute atomic E-state index is 0.0380.